The summed E-state index contributed by atoms with van der Waals surface area (Å²) in [5, 5.41) is 0.746. The summed E-state index contributed by atoms with van der Waals surface area (Å²) in [4.78, 5) is 10.8. The summed E-state index contributed by atoms with van der Waals surface area (Å²) in [5.74, 6) is 0. The maximum absolute atomic E-state index is 10.8. The topological polar surface area (TPSA) is 26.3 Å². The number of carbonyl (C=O) groups is 1. The number of benzene rings is 1. The van der Waals surface area contributed by atoms with Crippen molar-refractivity contribution in [1.29, 1.82) is 0 Å². The molecule has 1 rings (SSSR count). The summed E-state index contributed by atoms with van der Waals surface area (Å²) in [7, 11) is 0.365. The largest absolute Gasteiger partial charge is 0.408 e. The standard InChI is InChI=1S/C14H19ClO2Si/c1-13(2,3)18-17-14(4,5)11-8-10(9-16)6-7-12(11)15/h6-9H,1-5H3. The Morgan fingerprint density at radius 1 is 1.22 bits per heavy atom. The molecule has 4 heteroatoms. The lowest BCUT2D eigenvalue weighted by molar-refractivity contribution is 0.109. The van der Waals surface area contributed by atoms with Gasteiger partial charge >= 0.3 is 0 Å². The van der Waals surface area contributed by atoms with Crippen LogP contribution in [0.15, 0.2) is 18.2 Å². The fourth-order valence-electron chi connectivity index (χ4n) is 1.41. The van der Waals surface area contributed by atoms with Gasteiger partial charge in [0.15, 0.2) is 0 Å². The van der Waals surface area contributed by atoms with Crippen molar-refractivity contribution in [3.05, 3.63) is 34.3 Å². The molecule has 0 aliphatic carbocycles. The Bertz CT molecular complexity index is 436. The molecule has 0 aliphatic rings. The quantitative estimate of drug-likeness (QED) is 0.610. The zero-order valence-corrected chi connectivity index (χ0v) is 13.3. The van der Waals surface area contributed by atoms with E-state index in [9.17, 15) is 4.79 Å². The molecule has 2 nitrogen and oxygen atoms in total. The first-order chi connectivity index (χ1) is 8.15. The zero-order chi connectivity index (χ0) is 14.0. The fraction of sp³-hybridized carbons (Fsp3) is 0.500. The van der Waals surface area contributed by atoms with Gasteiger partial charge in [-0.25, -0.2) is 0 Å². The van der Waals surface area contributed by atoms with Crippen LogP contribution in [-0.4, -0.2) is 16.0 Å². The lowest BCUT2D eigenvalue weighted by Crippen LogP contribution is -2.28. The van der Waals surface area contributed by atoms with Gasteiger partial charge in [-0.05, 0) is 31.0 Å². The van der Waals surface area contributed by atoms with Crippen molar-refractivity contribution in [3.8, 4) is 0 Å². The number of carbonyl (C=O) groups excluding carboxylic acids is 1. The highest BCUT2D eigenvalue weighted by molar-refractivity contribution is 6.32. The Morgan fingerprint density at radius 2 is 1.83 bits per heavy atom. The van der Waals surface area contributed by atoms with Gasteiger partial charge in [0.1, 0.15) is 6.29 Å². The molecular formula is C14H19ClO2Si. The van der Waals surface area contributed by atoms with E-state index >= 15 is 0 Å². The van der Waals surface area contributed by atoms with Crippen molar-refractivity contribution in [1.82, 2.24) is 0 Å². The third-order valence-electron chi connectivity index (χ3n) is 2.39. The smallest absolute Gasteiger partial charge is 0.236 e. The van der Waals surface area contributed by atoms with Crippen molar-refractivity contribution in [3.63, 3.8) is 0 Å². The summed E-state index contributed by atoms with van der Waals surface area (Å²) >= 11 is 6.19. The second-order valence-corrected chi connectivity index (χ2v) is 8.14. The second-order valence-electron chi connectivity index (χ2n) is 5.82. The number of hydrogen-bond donors (Lipinski definition) is 0. The van der Waals surface area contributed by atoms with Crippen LogP contribution in [0.1, 0.15) is 50.5 Å². The lowest BCUT2D eigenvalue weighted by atomic mass is 9.97. The Morgan fingerprint density at radius 3 is 2.33 bits per heavy atom. The van der Waals surface area contributed by atoms with Crippen molar-refractivity contribution in [2.45, 2.75) is 45.3 Å². The van der Waals surface area contributed by atoms with Gasteiger partial charge in [0.2, 0.25) is 9.76 Å². The summed E-state index contributed by atoms with van der Waals surface area (Å²) in [6, 6.07) is 5.25. The van der Waals surface area contributed by atoms with E-state index in [4.69, 9.17) is 16.0 Å². The Labute approximate surface area is 117 Å². The van der Waals surface area contributed by atoms with Gasteiger partial charge in [-0.15, -0.1) is 0 Å². The molecule has 0 saturated carbocycles. The molecule has 2 radical (unpaired) electrons. The normalized spacial score (nSPS) is 12.6. The highest BCUT2D eigenvalue weighted by Gasteiger charge is 2.27. The van der Waals surface area contributed by atoms with Crippen LogP contribution < -0.4 is 0 Å². The van der Waals surface area contributed by atoms with Gasteiger partial charge in [0.05, 0.1) is 5.60 Å². The summed E-state index contributed by atoms with van der Waals surface area (Å²) in [5.41, 5.74) is 0.970. The van der Waals surface area contributed by atoms with Crippen LogP contribution in [0.3, 0.4) is 0 Å². The van der Waals surface area contributed by atoms with E-state index in [2.05, 4.69) is 20.8 Å². The third-order valence-corrected chi connectivity index (χ3v) is 3.94. The second kappa shape index (κ2) is 5.55. The number of rotatable bonds is 4. The molecule has 18 heavy (non-hydrogen) atoms. The number of halogens is 1. The predicted molar refractivity (Wildman–Crippen MR) is 76.4 cm³/mol. The van der Waals surface area contributed by atoms with Gasteiger partial charge in [0, 0.05) is 16.1 Å². The Hall–Kier alpha value is -0.643. The minimum Gasteiger partial charge on any atom is -0.408 e. The minimum atomic E-state index is -0.498. The highest BCUT2D eigenvalue weighted by atomic mass is 35.5. The van der Waals surface area contributed by atoms with E-state index < -0.39 is 5.60 Å². The molecule has 0 spiro atoms. The first kappa shape index (κ1) is 15.4. The predicted octanol–water partition coefficient (Wildman–Crippen LogP) is 4.24. The third kappa shape index (κ3) is 4.23. The van der Waals surface area contributed by atoms with Gasteiger partial charge in [-0.2, -0.15) is 0 Å². The van der Waals surface area contributed by atoms with Crippen LogP contribution in [0.4, 0.5) is 0 Å². The maximum Gasteiger partial charge on any atom is 0.236 e. The molecule has 0 N–H and O–H groups in total. The summed E-state index contributed by atoms with van der Waals surface area (Å²) in [6.45, 7) is 10.3. The van der Waals surface area contributed by atoms with E-state index in [-0.39, 0.29) is 5.04 Å². The van der Waals surface area contributed by atoms with E-state index in [0.29, 0.717) is 20.3 Å². The van der Waals surface area contributed by atoms with Crippen LogP contribution >= 0.6 is 11.6 Å². The molecule has 1 aromatic carbocycles. The molecule has 0 aliphatic heterocycles. The van der Waals surface area contributed by atoms with Crippen LogP contribution in [-0.2, 0) is 10.0 Å². The van der Waals surface area contributed by atoms with Crippen molar-refractivity contribution < 1.29 is 9.22 Å². The molecule has 0 atom stereocenters. The summed E-state index contributed by atoms with van der Waals surface area (Å²) < 4.78 is 5.99. The molecule has 0 fully saturated rings. The molecule has 0 amide bonds. The van der Waals surface area contributed by atoms with Gasteiger partial charge in [-0.3, -0.25) is 4.79 Å². The molecule has 0 bridgehead atoms. The fourth-order valence-corrected chi connectivity index (χ4v) is 2.43. The Kier molecular flexibility index (Phi) is 4.76. The summed E-state index contributed by atoms with van der Waals surface area (Å²) in [6.07, 6.45) is 0.821. The van der Waals surface area contributed by atoms with E-state index in [1.54, 1.807) is 18.2 Å². The average molecular weight is 283 g/mol. The van der Waals surface area contributed by atoms with Crippen molar-refractivity contribution >= 4 is 27.7 Å². The molecule has 0 unspecified atom stereocenters. The monoisotopic (exact) mass is 282 g/mol. The molecule has 0 aromatic heterocycles. The molecule has 98 valence electrons. The van der Waals surface area contributed by atoms with E-state index in [1.807, 2.05) is 13.8 Å². The van der Waals surface area contributed by atoms with Crippen molar-refractivity contribution in [2.24, 2.45) is 0 Å². The molecule has 0 saturated heterocycles. The lowest BCUT2D eigenvalue weighted by Gasteiger charge is -2.30. The van der Waals surface area contributed by atoms with Crippen LogP contribution in [0.25, 0.3) is 0 Å². The Balaban J connectivity index is 2.99. The van der Waals surface area contributed by atoms with Gasteiger partial charge in [-0.1, -0.05) is 38.4 Å². The van der Waals surface area contributed by atoms with Gasteiger partial charge < -0.3 is 4.43 Å². The van der Waals surface area contributed by atoms with Crippen molar-refractivity contribution in [2.75, 3.05) is 0 Å². The van der Waals surface area contributed by atoms with Crippen LogP contribution in [0, 0.1) is 0 Å². The number of aldehydes is 1. The molecule has 1 aromatic rings. The molecule has 0 heterocycles. The van der Waals surface area contributed by atoms with Crippen LogP contribution in [0.5, 0.6) is 0 Å². The highest BCUT2D eigenvalue weighted by Crippen LogP contribution is 2.33. The van der Waals surface area contributed by atoms with Gasteiger partial charge in [0.25, 0.3) is 0 Å². The SMILES string of the molecule is CC(C)(C)[Si]OC(C)(C)c1cc(C=O)ccc1Cl. The van der Waals surface area contributed by atoms with E-state index in [1.165, 1.54) is 0 Å². The minimum absolute atomic E-state index is 0.117. The molecular weight excluding hydrogens is 264 g/mol. The van der Waals surface area contributed by atoms with Crippen LogP contribution in [0.2, 0.25) is 10.1 Å². The maximum atomic E-state index is 10.8. The zero-order valence-electron chi connectivity index (χ0n) is 11.5. The van der Waals surface area contributed by atoms with E-state index in [0.717, 1.165) is 11.8 Å². The number of hydrogen-bond acceptors (Lipinski definition) is 2. The average Bonchev–Trinajstić information content (AvgIpc) is 2.26. The first-order valence-corrected chi connectivity index (χ1v) is 7.15. The first-order valence-electron chi connectivity index (χ1n) is 5.86.